The Balaban J connectivity index is 1.45. The van der Waals surface area contributed by atoms with Crippen LogP contribution < -0.4 is 10.1 Å². The monoisotopic (exact) mass is 414 g/mol. The van der Waals surface area contributed by atoms with E-state index < -0.39 is 0 Å². The van der Waals surface area contributed by atoms with Crippen molar-refractivity contribution in [3.8, 4) is 5.75 Å². The second-order valence-electron chi connectivity index (χ2n) is 6.61. The smallest absolute Gasteiger partial charge is 0.255 e. The van der Waals surface area contributed by atoms with Crippen LogP contribution in [0.1, 0.15) is 40.6 Å². The van der Waals surface area contributed by atoms with Crippen LogP contribution in [0.3, 0.4) is 0 Å². The molecule has 2 N–H and O–H groups in total. The van der Waals surface area contributed by atoms with E-state index in [1.165, 1.54) is 0 Å². The predicted molar refractivity (Wildman–Crippen MR) is 109 cm³/mol. The van der Waals surface area contributed by atoms with E-state index in [2.05, 4.69) is 15.5 Å². The van der Waals surface area contributed by atoms with Crippen LogP contribution in [0.2, 0.25) is 5.02 Å². The zero-order chi connectivity index (χ0) is 19.5. The number of amides is 1. The Bertz CT molecular complexity index is 1060. The Hall–Kier alpha value is -2.64. The maximum absolute atomic E-state index is 12.7. The molecule has 1 amide bonds. The van der Waals surface area contributed by atoms with E-state index in [4.69, 9.17) is 28.6 Å². The first kappa shape index (κ1) is 18.7. The molecule has 0 radical (unpaired) electrons. The number of ether oxygens (including phenoxy) is 1. The maximum atomic E-state index is 12.7. The minimum atomic E-state index is -0.231. The SMILES string of the molecule is O=C(NCc1n[nH]c(=S)n1C1CC1)c1ccccc1OCc1ccccc1Cl. The topological polar surface area (TPSA) is 71.9 Å². The number of carbonyl (C=O) groups excluding carboxylic acids is 1. The van der Waals surface area contributed by atoms with Gasteiger partial charge in [-0.2, -0.15) is 5.10 Å². The molecule has 1 heterocycles. The standard InChI is InChI=1S/C20H19ClN4O2S/c21-16-7-3-1-5-13(16)12-27-17-8-4-2-6-15(17)19(26)22-11-18-23-24-20(28)25(18)14-9-10-14/h1-8,14H,9-12H2,(H,22,26)(H,24,28). The third kappa shape index (κ3) is 4.10. The fourth-order valence-electron chi connectivity index (χ4n) is 2.98. The third-order valence-corrected chi connectivity index (χ3v) is 5.23. The summed E-state index contributed by atoms with van der Waals surface area (Å²) in [5, 5.41) is 10.6. The average Bonchev–Trinajstić information content (AvgIpc) is 3.48. The average molecular weight is 415 g/mol. The van der Waals surface area contributed by atoms with Gasteiger partial charge >= 0.3 is 0 Å². The quantitative estimate of drug-likeness (QED) is 0.561. The zero-order valence-electron chi connectivity index (χ0n) is 15.0. The van der Waals surface area contributed by atoms with Gasteiger partial charge in [0, 0.05) is 16.6 Å². The first-order chi connectivity index (χ1) is 13.6. The third-order valence-electron chi connectivity index (χ3n) is 4.57. The highest BCUT2D eigenvalue weighted by molar-refractivity contribution is 7.71. The van der Waals surface area contributed by atoms with E-state index in [-0.39, 0.29) is 12.5 Å². The van der Waals surface area contributed by atoms with Crippen LogP contribution in [0, 0.1) is 4.77 Å². The van der Waals surface area contributed by atoms with Crippen LogP contribution in [0.15, 0.2) is 48.5 Å². The van der Waals surface area contributed by atoms with Crippen LogP contribution in [-0.4, -0.2) is 20.7 Å². The number of para-hydroxylation sites is 1. The molecule has 0 saturated heterocycles. The molecular formula is C20H19ClN4O2S. The summed E-state index contributed by atoms with van der Waals surface area (Å²) < 4.78 is 8.44. The molecule has 8 heteroatoms. The van der Waals surface area contributed by atoms with Gasteiger partial charge in [-0.05, 0) is 43.3 Å². The summed E-state index contributed by atoms with van der Waals surface area (Å²) in [6, 6.07) is 15.0. The highest BCUT2D eigenvalue weighted by Crippen LogP contribution is 2.35. The summed E-state index contributed by atoms with van der Waals surface area (Å²) in [7, 11) is 0. The van der Waals surface area contributed by atoms with Crippen LogP contribution in [0.5, 0.6) is 5.75 Å². The largest absolute Gasteiger partial charge is 0.488 e. The van der Waals surface area contributed by atoms with Gasteiger partial charge in [0.05, 0.1) is 12.1 Å². The van der Waals surface area contributed by atoms with Gasteiger partial charge in [-0.3, -0.25) is 14.5 Å². The van der Waals surface area contributed by atoms with Crippen LogP contribution >= 0.6 is 23.8 Å². The number of halogens is 1. The number of nitrogens with zero attached hydrogens (tertiary/aromatic N) is 2. The summed E-state index contributed by atoms with van der Waals surface area (Å²) >= 11 is 11.5. The van der Waals surface area contributed by atoms with Crippen molar-refractivity contribution in [2.45, 2.75) is 32.0 Å². The molecule has 0 bridgehead atoms. The van der Waals surface area contributed by atoms with Crippen molar-refractivity contribution in [2.24, 2.45) is 0 Å². The van der Waals surface area contributed by atoms with E-state index in [0.29, 0.717) is 33.7 Å². The molecule has 2 aromatic carbocycles. The zero-order valence-corrected chi connectivity index (χ0v) is 16.6. The number of H-pyrrole nitrogens is 1. The molecule has 6 nitrogen and oxygen atoms in total. The minimum Gasteiger partial charge on any atom is -0.488 e. The number of nitrogens with one attached hydrogen (secondary N) is 2. The normalized spacial score (nSPS) is 13.3. The molecule has 0 atom stereocenters. The Morgan fingerprint density at radius 2 is 2.00 bits per heavy atom. The van der Waals surface area contributed by atoms with Gasteiger partial charge in [-0.1, -0.05) is 41.9 Å². The Morgan fingerprint density at radius 1 is 1.25 bits per heavy atom. The molecule has 28 heavy (non-hydrogen) atoms. The van der Waals surface area contributed by atoms with E-state index >= 15 is 0 Å². The number of hydrogen-bond acceptors (Lipinski definition) is 4. The number of rotatable bonds is 7. The highest BCUT2D eigenvalue weighted by atomic mass is 35.5. The van der Waals surface area contributed by atoms with Gasteiger partial charge in [0.15, 0.2) is 10.6 Å². The molecule has 1 aliphatic carbocycles. The molecule has 1 saturated carbocycles. The first-order valence-electron chi connectivity index (χ1n) is 9.02. The van der Waals surface area contributed by atoms with Crippen molar-refractivity contribution >= 4 is 29.7 Å². The van der Waals surface area contributed by atoms with Crippen molar-refractivity contribution in [1.82, 2.24) is 20.1 Å². The lowest BCUT2D eigenvalue weighted by molar-refractivity contribution is 0.0945. The lowest BCUT2D eigenvalue weighted by Gasteiger charge is -2.12. The number of aromatic amines is 1. The van der Waals surface area contributed by atoms with Gasteiger partial charge in [0.2, 0.25) is 0 Å². The molecule has 1 fully saturated rings. The first-order valence-corrected chi connectivity index (χ1v) is 9.81. The Morgan fingerprint density at radius 3 is 2.79 bits per heavy atom. The molecule has 0 unspecified atom stereocenters. The summed E-state index contributed by atoms with van der Waals surface area (Å²) in [6.45, 7) is 0.575. The predicted octanol–water partition coefficient (Wildman–Crippen LogP) is 4.44. The lowest BCUT2D eigenvalue weighted by Crippen LogP contribution is -2.25. The van der Waals surface area contributed by atoms with Crippen LogP contribution in [0.4, 0.5) is 0 Å². The van der Waals surface area contributed by atoms with Crippen molar-refractivity contribution in [1.29, 1.82) is 0 Å². The fourth-order valence-corrected chi connectivity index (χ4v) is 3.47. The Kier molecular flexibility index (Phi) is 5.45. The highest BCUT2D eigenvalue weighted by Gasteiger charge is 2.27. The Labute approximate surface area is 172 Å². The van der Waals surface area contributed by atoms with Crippen molar-refractivity contribution in [2.75, 3.05) is 0 Å². The molecule has 1 aliphatic rings. The molecule has 0 aliphatic heterocycles. The molecule has 0 spiro atoms. The van der Waals surface area contributed by atoms with Crippen LogP contribution in [-0.2, 0) is 13.2 Å². The van der Waals surface area contributed by atoms with E-state index in [1.807, 2.05) is 34.9 Å². The molecule has 1 aromatic heterocycles. The maximum Gasteiger partial charge on any atom is 0.255 e. The molecule has 3 aromatic rings. The summed E-state index contributed by atoms with van der Waals surface area (Å²) in [5.41, 5.74) is 1.32. The number of carbonyl (C=O) groups is 1. The van der Waals surface area contributed by atoms with Gasteiger partial charge in [-0.15, -0.1) is 0 Å². The van der Waals surface area contributed by atoms with E-state index in [0.717, 1.165) is 24.2 Å². The fraction of sp³-hybridized carbons (Fsp3) is 0.250. The van der Waals surface area contributed by atoms with E-state index in [9.17, 15) is 4.79 Å². The number of benzene rings is 2. The second-order valence-corrected chi connectivity index (χ2v) is 7.40. The minimum absolute atomic E-state index is 0.231. The number of hydrogen-bond donors (Lipinski definition) is 2. The number of aromatic nitrogens is 3. The molecule has 144 valence electrons. The summed E-state index contributed by atoms with van der Waals surface area (Å²) in [6.07, 6.45) is 2.18. The van der Waals surface area contributed by atoms with Crippen LogP contribution in [0.25, 0.3) is 0 Å². The lowest BCUT2D eigenvalue weighted by atomic mass is 10.2. The van der Waals surface area contributed by atoms with Crippen molar-refractivity contribution < 1.29 is 9.53 Å². The summed E-state index contributed by atoms with van der Waals surface area (Å²) in [4.78, 5) is 12.7. The van der Waals surface area contributed by atoms with Crippen molar-refractivity contribution in [3.63, 3.8) is 0 Å². The summed E-state index contributed by atoms with van der Waals surface area (Å²) in [5.74, 6) is 1.00. The van der Waals surface area contributed by atoms with Gasteiger partial charge < -0.3 is 10.1 Å². The van der Waals surface area contributed by atoms with Crippen molar-refractivity contribution in [3.05, 3.63) is 75.3 Å². The molecular weight excluding hydrogens is 396 g/mol. The van der Waals surface area contributed by atoms with Gasteiger partial charge in [-0.25, -0.2) is 0 Å². The van der Waals surface area contributed by atoms with E-state index in [1.54, 1.807) is 18.2 Å². The second kappa shape index (κ2) is 8.16. The van der Waals surface area contributed by atoms with Gasteiger partial charge in [0.1, 0.15) is 12.4 Å². The molecule has 4 rings (SSSR count). The van der Waals surface area contributed by atoms with Gasteiger partial charge in [0.25, 0.3) is 5.91 Å².